The Kier molecular flexibility index (Phi) is 7.17. The number of anilines is 1. The molecule has 5 rings (SSSR count). The lowest BCUT2D eigenvalue weighted by atomic mass is 9.61. The molecule has 1 saturated carbocycles. The molecule has 3 aliphatic rings. The van der Waals surface area contributed by atoms with Gasteiger partial charge in [-0.3, -0.25) is 9.88 Å². The summed E-state index contributed by atoms with van der Waals surface area (Å²) in [7, 11) is 0. The van der Waals surface area contributed by atoms with Gasteiger partial charge in [-0.25, -0.2) is 9.59 Å². The number of likely N-dealkylation sites (tertiary alicyclic amines) is 1. The van der Waals surface area contributed by atoms with Crippen molar-refractivity contribution in [2.24, 2.45) is 11.1 Å². The lowest BCUT2D eigenvalue weighted by Gasteiger charge is -2.51. The first-order valence-electron chi connectivity index (χ1n) is 12.9. The van der Waals surface area contributed by atoms with Crippen LogP contribution in [0, 0.1) is 5.41 Å². The van der Waals surface area contributed by atoms with Crippen molar-refractivity contribution < 1.29 is 4.79 Å². The van der Waals surface area contributed by atoms with Gasteiger partial charge < -0.3 is 20.9 Å². The van der Waals surface area contributed by atoms with Gasteiger partial charge in [0.15, 0.2) is 0 Å². The number of benzene rings is 1. The molecule has 3 fully saturated rings. The normalized spacial score (nSPS) is 20.5. The van der Waals surface area contributed by atoms with Gasteiger partial charge in [-0.1, -0.05) is 12.1 Å². The van der Waals surface area contributed by atoms with E-state index in [-0.39, 0.29) is 11.8 Å². The number of carbonyl (C=O) groups excluding carboxylic acids is 1. The summed E-state index contributed by atoms with van der Waals surface area (Å²) in [5, 5.41) is 5.94. The van der Waals surface area contributed by atoms with E-state index in [9.17, 15) is 9.59 Å². The van der Waals surface area contributed by atoms with Crippen molar-refractivity contribution in [3.8, 4) is 5.69 Å². The van der Waals surface area contributed by atoms with E-state index in [0.29, 0.717) is 24.5 Å². The summed E-state index contributed by atoms with van der Waals surface area (Å²) < 4.78 is 1.50. The second kappa shape index (κ2) is 10.5. The number of hydrogen-bond acceptors (Lipinski definition) is 6. The highest BCUT2D eigenvalue weighted by Gasteiger charge is 2.43. The average Bonchev–Trinajstić information content (AvgIpc) is 2.86. The van der Waals surface area contributed by atoms with Gasteiger partial charge in [-0.2, -0.15) is 4.98 Å². The molecule has 2 amide bonds. The number of piperidine rings is 1. The molecule has 1 aromatic heterocycles. The minimum Gasteiger partial charge on any atom is -0.328 e. The molecular weight excluding hydrogens is 442 g/mol. The standard InChI is InChI=1S/C26H37N7O2/c27-21-18-26(19-21)8-14-31(15-9-26)12-1-2-20-3-5-22(6-4-20)33-13-7-23(30-25(33)35)29-24(34)32-16-10-28-11-17-32/h3-7,13,21,28H,1-2,8-12,14-19,27H2,(H,29,30,34,35). The van der Waals surface area contributed by atoms with Crippen LogP contribution in [0.2, 0.25) is 0 Å². The van der Waals surface area contributed by atoms with Crippen molar-refractivity contribution in [2.45, 2.75) is 44.6 Å². The van der Waals surface area contributed by atoms with Gasteiger partial charge in [0.2, 0.25) is 0 Å². The molecule has 9 nitrogen and oxygen atoms in total. The number of aromatic nitrogens is 2. The first-order valence-corrected chi connectivity index (χ1v) is 12.9. The summed E-state index contributed by atoms with van der Waals surface area (Å²) in [6.07, 6.45) is 8.87. The maximum atomic E-state index is 12.6. The summed E-state index contributed by atoms with van der Waals surface area (Å²) in [6.45, 7) is 6.36. The van der Waals surface area contributed by atoms with Crippen LogP contribution in [0.1, 0.15) is 37.7 Å². The van der Waals surface area contributed by atoms with Crippen LogP contribution in [0.25, 0.3) is 5.69 Å². The fourth-order valence-electron chi connectivity index (χ4n) is 5.77. The Morgan fingerprint density at radius 2 is 1.80 bits per heavy atom. The highest BCUT2D eigenvalue weighted by Crippen LogP contribution is 2.48. The second-order valence-corrected chi connectivity index (χ2v) is 10.4. The number of nitrogens with two attached hydrogens (primary N) is 1. The topological polar surface area (TPSA) is 109 Å². The molecule has 0 bridgehead atoms. The molecule has 0 radical (unpaired) electrons. The Morgan fingerprint density at radius 1 is 1.09 bits per heavy atom. The smallest absolute Gasteiger partial charge is 0.328 e. The zero-order valence-electron chi connectivity index (χ0n) is 20.4. The fourth-order valence-corrected chi connectivity index (χ4v) is 5.77. The van der Waals surface area contributed by atoms with Gasteiger partial charge in [0.05, 0.1) is 5.69 Å². The molecule has 0 atom stereocenters. The number of amides is 2. The highest BCUT2D eigenvalue weighted by atomic mass is 16.2. The van der Waals surface area contributed by atoms with Crippen molar-refractivity contribution in [2.75, 3.05) is 51.1 Å². The van der Waals surface area contributed by atoms with E-state index < -0.39 is 5.69 Å². The third kappa shape index (κ3) is 5.74. The Bertz CT molecular complexity index is 1060. The van der Waals surface area contributed by atoms with Crippen molar-refractivity contribution in [3.63, 3.8) is 0 Å². The van der Waals surface area contributed by atoms with Crippen LogP contribution >= 0.6 is 0 Å². The summed E-state index contributed by atoms with van der Waals surface area (Å²) in [5.41, 5.74) is 8.21. The number of hydrogen-bond donors (Lipinski definition) is 3. The van der Waals surface area contributed by atoms with E-state index in [2.05, 4.69) is 32.7 Å². The Hall–Kier alpha value is -2.75. The molecule has 1 spiro atoms. The number of carbonyl (C=O) groups is 1. The van der Waals surface area contributed by atoms with Crippen LogP contribution in [-0.4, -0.2) is 77.2 Å². The zero-order chi connectivity index (χ0) is 24.3. The Labute approximate surface area is 206 Å². The lowest BCUT2D eigenvalue weighted by molar-refractivity contribution is 0.0178. The zero-order valence-corrected chi connectivity index (χ0v) is 20.4. The van der Waals surface area contributed by atoms with Crippen LogP contribution in [0.3, 0.4) is 0 Å². The molecule has 2 aliphatic heterocycles. The Balaban J connectivity index is 1.10. The van der Waals surface area contributed by atoms with Crippen LogP contribution in [-0.2, 0) is 6.42 Å². The summed E-state index contributed by atoms with van der Waals surface area (Å²) >= 11 is 0. The minimum absolute atomic E-state index is 0.225. The van der Waals surface area contributed by atoms with Gasteiger partial charge in [0.1, 0.15) is 5.82 Å². The predicted molar refractivity (Wildman–Crippen MR) is 137 cm³/mol. The van der Waals surface area contributed by atoms with E-state index in [1.54, 1.807) is 17.2 Å². The van der Waals surface area contributed by atoms with Crippen LogP contribution < -0.4 is 22.1 Å². The molecule has 1 aromatic carbocycles. The van der Waals surface area contributed by atoms with Crippen LogP contribution in [0.5, 0.6) is 0 Å². The molecule has 2 aromatic rings. The average molecular weight is 480 g/mol. The molecule has 35 heavy (non-hydrogen) atoms. The molecule has 9 heteroatoms. The molecule has 1 aliphatic carbocycles. The monoisotopic (exact) mass is 479 g/mol. The Morgan fingerprint density at radius 3 is 2.46 bits per heavy atom. The third-order valence-corrected chi connectivity index (χ3v) is 7.90. The molecule has 2 saturated heterocycles. The first-order chi connectivity index (χ1) is 17.0. The number of urea groups is 1. The van der Waals surface area contributed by atoms with Crippen molar-refractivity contribution in [1.82, 2.24) is 24.7 Å². The van der Waals surface area contributed by atoms with E-state index in [1.165, 1.54) is 48.9 Å². The van der Waals surface area contributed by atoms with E-state index >= 15 is 0 Å². The lowest BCUT2D eigenvalue weighted by Crippen LogP contribution is -2.52. The van der Waals surface area contributed by atoms with Crippen molar-refractivity contribution in [3.05, 3.63) is 52.6 Å². The van der Waals surface area contributed by atoms with Crippen LogP contribution in [0.4, 0.5) is 10.6 Å². The van der Waals surface area contributed by atoms with Gasteiger partial charge in [0, 0.05) is 38.4 Å². The van der Waals surface area contributed by atoms with Gasteiger partial charge >= 0.3 is 11.7 Å². The maximum Gasteiger partial charge on any atom is 0.354 e. The third-order valence-electron chi connectivity index (χ3n) is 7.90. The molecule has 188 valence electrons. The SMILES string of the molecule is NC1CC2(CCN(CCCc3ccc(-n4ccc(NC(=O)N5CCNCC5)nc4=O)cc3)CC2)C1. The summed E-state index contributed by atoms with van der Waals surface area (Å²) in [6, 6.07) is 9.97. The minimum atomic E-state index is -0.411. The van der Waals surface area contributed by atoms with Gasteiger partial charge in [-0.15, -0.1) is 0 Å². The number of aryl methyl sites for hydroxylation is 1. The molecule has 4 N–H and O–H groups in total. The second-order valence-electron chi connectivity index (χ2n) is 10.4. The largest absolute Gasteiger partial charge is 0.354 e. The van der Waals surface area contributed by atoms with Crippen molar-refractivity contribution >= 4 is 11.8 Å². The van der Waals surface area contributed by atoms with E-state index in [4.69, 9.17) is 5.73 Å². The van der Waals surface area contributed by atoms with E-state index in [1.807, 2.05) is 12.1 Å². The number of rotatable bonds is 6. The number of nitrogens with one attached hydrogen (secondary N) is 2. The predicted octanol–water partition coefficient (Wildman–Crippen LogP) is 1.81. The highest BCUT2D eigenvalue weighted by molar-refractivity contribution is 5.88. The van der Waals surface area contributed by atoms with Gasteiger partial charge in [-0.05, 0) is 87.3 Å². The number of nitrogens with zero attached hydrogens (tertiary/aromatic N) is 4. The molecular formula is C26H37N7O2. The summed E-state index contributed by atoms with van der Waals surface area (Å²) in [5.74, 6) is 0.273. The van der Waals surface area contributed by atoms with E-state index in [0.717, 1.165) is 38.2 Å². The fraction of sp³-hybridized carbons (Fsp3) is 0.577. The van der Waals surface area contributed by atoms with Crippen molar-refractivity contribution in [1.29, 1.82) is 0 Å². The quantitative estimate of drug-likeness (QED) is 0.583. The van der Waals surface area contributed by atoms with Crippen LogP contribution in [0.15, 0.2) is 41.3 Å². The molecule has 3 heterocycles. The first kappa shape index (κ1) is 24.0. The van der Waals surface area contributed by atoms with Gasteiger partial charge in [0.25, 0.3) is 0 Å². The number of piperazine rings is 1. The maximum absolute atomic E-state index is 12.6. The molecule has 0 unspecified atom stereocenters. The summed E-state index contributed by atoms with van der Waals surface area (Å²) in [4.78, 5) is 33.3.